The van der Waals surface area contributed by atoms with E-state index in [4.69, 9.17) is 4.74 Å². The lowest BCUT2D eigenvalue weighted by Gasteiger charge is -2.15. The highest BCUT2D eigenvalue weighted by Crippen LogP contribution is 2.18. The van der Waals surface area contributed by atoms with Gasteiger partial charge in [0.1, 0.15) is 5.82 Å². The fraction of sp³-hybridized carbons (Fsp3) is 0.261. The van der Waals surface area contributed by atoms with E-state index in [1.54, 1.807) is 16.7 Å². The van der Waals surface area contributed by atoms with Gasteiger partial charge in [0.15, 0.2) is 11.2 Å². The van der Waals surface area contributed by atoms with E-state index in [0.29, 0.717) is 12.3 Å². The number of hydrogen-bond donors (Lipinski definition) is 0. The van der Waals surface area contributed by atoms with Crippen LogP contribution in [0.25, 0.3) is 16.9 Å². The summed E-state index contributed by atoms with van der Waals surface area (Å²) in [6.07, 6.45) is 2.79. The molecule has 1 fully saturated rings. The molecule has 11 heteroatoms. The van der Waals surface area contributed by atoms with Crippen LogP contribution in [0.2, 0.25) is 0 Å². The lowest BCUT2D eigenvalue weighted by Crippen LogP contribution is -2.42. The number of ether oxygens (including phenoxy) is 1. The Hall–Kier alpha value is -4.12. The first-order valence-corrected chi connectivity index (χ1v) is 10.7. The van der Waals surface area contributed by atoms with Crippen LogP contribution in [0.4, 0.5) is 10.1 Å². The normalized spacial score (nSPS) is 15.7. The number of aromatic nitrogens is 4. The number of nitrogens with zero attached hydrogens (tertiary/aromatic N) is 5. The van der Waals surface area contributed by atoms with Crippen molar-refractivity contribution in [2.75, 3.05) is 6.61 Å². The number of halogens is 1. The first kappa shape index (κ1) is 21.7. The second kappa shape index (κ2) is 8.67. The van der Waals surface area contributed by atoms with Gasteiger partial charge in [-0.15, -0.1) is 0 Å². The molecule has 0 N–H and O–H groups in total. The second-order valence-corrected chi connectivity index (χ2v) is 8.11. The number of non-ortho nitro benzene ring substituents is 1. The van der Waals surface area contributed by atoms with Crippen LogP contribution in [0.5, 0.6) is 0 Å². The van der Waals surface area contributed by atoms with E-state index in [2.05, 4.69) is 4.98 Å². The van der Waals surface area contributed by atoms with Crippen molar-refractivity contribution in [3.8, 4) is 5.69 Å². The van der Waals surface area contributed by atoms with Crippen LogP contribution in [0, 0.1) is 15.9 Å². The van der Waals surface area contributed by atoms with Gasteiger partial charge in [-0.05, 0) is 42.7 Å². The molecule has 4 aromatic rings. The zero-order valence-electron chi connectivity index (χ0n) is 18.0. The molecule has 0 radical (unpaired) electrons. The quantitative estimate of drug-likeness (QED) is 0.319. The van der Waals surface area contributed by atoms with Gasteiger partial charge in [0, 0.05) is 25.3 Å². The lowest BCUT2D eigenvalue weighted by molar-refractivity contribution is -0.384. The highest BCUT2D eigenvalue weighted by atomic mass is 19.1. The summed E-state index contributed by atoms with van der Waals surface area (Å²) in [5.74, 6) is -0.454. The summed E-state index contributed by atoms with van der Waals surface area (Å²) in [4.78, 5) is 41.7. The van der Waals surface area contributed by atoms with Crippen molar-refractivity contribution in [1.82, 2.24) is 18.7 Å². The van der Waals surface area contributed by atoms with E-state index < -0.39 is 22.0 Å². The van der Waals surface area contributed by atoms with Gasteiger partial charge in [-0.25, -0.2) is 18.7 Å². The van der Waals surface area contributed by atoms with Crippen LogP contribution in [0.3, 0.4) is 0 Å². The molecule has 2 aromatic carbocycles. The number of benzene rings is 2. The van der Waals surface area contributed by atoms with Crippen molar-refractivity contribution in [1.29, 1.82) is 0 Å². The van der Waals surface area contributed by atoms with E-state index in [1.807, 2.05) is 0 Å². The predicted octanol–water partition coefficient (Wildman–Crippen LogP) is 2.62. The number of fused-ring (bicyclic) bond motifs is 1. The van der Waals surface area contributed by atoms with E-state index in [9.17, 15) is 24.1 Å². The number of nitro groups is 1. The minimum absolute atomic E-state index is 0.0386. The summed E-state index contributed by atoms with van der Waals surface area (Å²) in [7, 11) is 0. The standard InChI is InChI=1S/C23H20FN5O5/c24-16-5-9-17(10-6-16)28-21-20(22(30)27(23(28)31)13-19-2-1-11-34-19)26(14-25-21)12-15-3-7-18(8-4-15)29(32)33/h3-10,14,19H,1-2,11-13H2/t19-/m0/s1. The summed E-state index contributed by atoms with van der Waals surface area (Å²) in [6.45, 7) is 0.884. The van der Waals surface area contributed by atoms with Gasteiger partial charge in [-0.2, -0.15) is 0 Å². The first-order chi connectivity index (χ1) is 16.4. The Morgan fingerprint density at radius 2 is 1.85 bits per heavy atom. The molecular weight excluding hydrogens is 445 g/mol. The molecule has 1 aliphatic heterocycles. The number of imidazole rings is 1. The Bertz CT molecular complexity index is 1480. The molecule has 1 aliphatic rings. The lowest BCUT2D eigenvalue weighted by atomic mass is 10.2. The molecule has 1 saturated heterocycles. The molecule has 174 valence electrons. The fourth-order valence-electron chi connectivity index (χ4n) is 4.20. The molecule has 0 spiro atoms. The molecule has 1 atom stereocenters. The summed E-state index contributed by atoms with van der Waals surface area (Å²) >= 11 is 0. The van der Waals surface area contributed by atoms with E-state index in [-0.39, 0.29) is 36.0 Å². The van der Waals surface area contributed by atoms with Gasteiger partial charge in [0.05, 0.1) is 29.6 Å². The number of nitro benzene ring substituents is 1. The van der Waals surface area contributed by atoms with Crippen LogP contribution >= 0.6 is 0 Å². The summed E-state index contributed by atoms with van der Waals surface area (Å²) in [6, 6.07) is 11.3. The van der Waals surface area contributed by atoms with Crippen molar-refractivity contribution < 1.29 is 14.1 Å². The number of rotatable bonds is 6. The monoisotopic (exact) mass is 465 g/mol. The van der Waals surface area contributed by atoms with Gasteiger partial charge in [-0.3, -0.25) is 19.5 Å². The zero-order chi connectivity index (χ0) is 23.8. The average Bonchev–Trinajstić information content (AvgIpc) is 3.49. The summed E-state index contributed by atoms with van der Waals surface area (Å²) in [5.41, 5.74) is 0.303. The SMILES string of the molecule is O=c1c2c(ncn2Cc2ccc([N+](=O)[O-])cc2)n(-c2ccc(F)cc2)c(=O)n1C[C@@H]1CCCO1. The highest BCUT2D eigenvalue weighted by molar-refractivity contribution is 5.72. The average molecular weight is 465 g/mol. The molecule has 34 heavy (non-hydrogen) atoms. The van der Waals surface area contributed by atoms with E-state index >= 15 is 0 Å². The largest absolute Gasteiger partial charge is 0.376 e. The van der Waals surface area contributed by atoms with Gasteiger partial charge in [0.25, 0.3) is 11.2 Å². The Morgan fingerprint density at radius 1 is 1.12 bits per heavy atom. The molecule has 0 amide bonds. The fourth-order valence-corrected chi connectivity index (χ4v) is 4.20. The van der Waals surface area contributed by atoms with Gasteiger partial charge in [0.2, 0.25) is 0 Å². The second-order valence-electron chi connectivity index (χ2n) is 8.11. The smallest absolute Gasteiger partial charge is 0.337 e. The van der Waals surface area contributed by atoms with E-state index in [1.165, 1.54) is 47.3 Å². The topological polar surface area (TPSA) is 114 Å². The van der Waals surface area contributed by atoms with Gasteiger partial charge >= 0.3 is 5.69 Å². The molecular formula is C23H20FN5O5. The molecule has 0 unspecified atom stereocenters. The Labute approximate surface area is 191 Å². The van der Waals surface area contributed by atoms with Gasteiger partial charge in [-0.1, -0.05) is 12.1 Å². The minimum atomic E-state index is -0.583. The van der Waals surface area contributed by atoms with Crippen molar-refractivity contribution in [2.24, 2.45) is 0 Å². The minimum Gasteiger partial charge on any atom is -0.376 e. The third-order valence-electron chi connectivity index (χ3n) is 5.90. The predicted molar refractivity (Wildman–Crippen MR) is 121 cm³/mol. The van der Waals surface area contributed by atoms with Crippen LogP contribution in [0.1, 0.15) is 18.4 Å². The van der Waals surface area contributed by atoms with Crippen LogP contribution in [-0.4, -0.2) is 36.3 Å². The maximum absolute atomic E-state index is 13.5. The van der Waals surface area contributed by atoms with Crippen LogP contribution in [0.15, 0.2) is 64.4 Å². The summed E-state index contributed by atoms with van der Waals surface area (Å²) < 4.78 is 23.2. The maximum Gasteiger partial charge on any atom is 0.337 e. The third kappa shape index (κ3) is 3.90. The first-order valence-electron chi connectivity index (χ1n) is 10.7. The molecule has 0 saturated carbocycles. The molecule has 3 heterocycles. The Kier molecular flexibility index (Phi) is 5.54. The molecule has 5 rings (SSSR count). The van der Waals surface area contributed by atoms with Gasteiger partial charge < -0.3 is 9.30 Å². The van der Waals surface area contributed by atoms with Crippen LogP contribution in [-0.2, 0) is 17.8 Å². The van der Waals surface area contributed by atoms with Crippen LogP contribution < -0.4 is 11.2 Å². The maximum atomic E-state index is 13.5. The molecule has 0 aliphatic carbocycles. The highest BCUT2D eigenvalue weighted by Gasteiger charge is 2.23. The Morgan fingerprint density at radius 3 is 2.50 bits per heavy atom. The van der Waals surface area contributed by atoms with Crippen molar-refractivity contribution in [3.05, 3.63) is 97.2 Å². The summed E-state index contributed by atoms with van der Waals surface area (Å²) in [5, 5.41) is 10.9. The zero-order valence-corrected chi connectivity index (χ0v) is 18.0. The van der Waals surface area contributed by atoms with E-state index in [0.717, 1.165) is 23.0 Å². The Balaban J connectivity index is 1.67. The van der Waals surface area contributed by atoms with Crippen molar-refractivity contribution >= 4 is 16.9 Å². The molecule has 0 bridgehead atoms. The molecule has 2 aromatic heterocycles. The third-order valence-corrected chi connectivity index (χ3v) is 5.90. The molecule has 10 nitrogen and oxygen atoms in total. The van der Waals surface area contributed by atoms with Crippen molar-refractivity contribution in [3.63, 3.8) is 0 Å². The van der Waals surface area contributed by atoms with Crippen molar-refractivity contribution in [2.45, 2.75) is 32.0 Å². The number of hydrogen-bond acceptors (Lipinski definition) is 6.